The highest BCUT2D eigenvalue weighted by Gasteiger charge is 2.18. The second kappa shape index (κ2) is 6.23. The van der Waals surface area contributed by atoms with Crippen LogP contribution in [0.15, 0.2) is 30.3 Å². The largest absolute Gasteiger partial charge is 0.332 e. The molecule has 0 bridgehead atoms. The Hall–Kier alpha value is -1.61. The van der Waals surface area contributed by atoms with Gasteiger partial charge in [0.2, 0.25) is 0 Å². The molecule has 3 rings (SSSR count). The summed E-state index contributed by atoms with van der Waals surface area (Å²) in [4.78, 5) is 4.90. The molecule has 0 saturated heterocycles. The van der Waals surface area contributed by atoms with Crippen LogP contribution in [0, 0.1) is 0 Å². The minimum Gasteiger partial charge on any atom is -0.332 e. The van der Waals surface area contributed by atoms with Gasteiger partial charge in [-0.15, -0.1) is 0 Å². The van der Waals surface area contributed by atoms with E-state index in [-0.39, 0.29) is 0 Å². The van der Waals surface area contributed by atoms with Crippen molar-refractivity contribution in [3.8, 4) is 0 Å². The van der Waals surface area contributed by atoms with Gasteiger partial charge in [0.05, 0.1) is 5.69 Å². The maximum Gasteiger partial charge on any atom is 0.109 e. The highest BCUT2D eigenvalue weighted by molar-refractivity contribution is 5.21. The van der Waals surface area contributed by atoms with Gasteiger partial charge in [0, 0.05) is 25.2 Å². The smallest absolute Gasteiger partial charge is 0.109 e. The first kappa shape index (κ1) is 13.4. The molecule has 0 aliphatic carbocycles. The van der Waals surface area contributed by atoms with Gasteiger partial charge in [-0.25, -0.2) is 4.98 Å². The number of nitrogens with zero attached hydrogens (tertiary/aromatic N) is 2. The Morgan fingerprint density at radius 2 is 2.00 bits per heavy atom. The molecule has 2 heterocycles. The molecule has 0 fully saturated rings. The summed E-state index contributed by atoms with van der Waals surface area (Å²) in [6, 6.07) is 10.7. The highest BCUT2D eigenvalue weighted by Crippen LogP contribution is 2.22. The lowest BCUT2D eigenvalue weighted by Crippen LogP contribution is -2.15. The lowest BCUT2D eigenvalue weighted by molar-refractivity contribution is 0.510. The Labute approximate surface area is 121 Å². The maximum absolute atomic E-state index is 4.90. The lowest BCUT2D eigenvalue weighted by atomic mass is 10.1. The summed E-state index contributed by atoms with van der Waals surface area (Å²) < 4.78 is 2.47. The van der Waals surface area contributed by atoms with Crippen LogP contribution < -0.4 is 5.32 Å². The predicted molar refractivity (Wildman–Crippen MR) is 81.8 cm³/mol. The predicted octanol–water partition coefficient (Wildman–Crippen LogP) is 2.72. The van der Waals surface area contributed by atoms with Crippen LogP contribution in [-0.2, 0) is 32.4 Å². The van der Waals surface area contributed by atoms with Gasteiger partial charge in [-0.3, -0.25) is 0 Å². The SMILES string of the molecule is CNCc1nc(CCc2ccccc2)n2c1CCCC2. The molecule has 106 valence electrons. The fraction of sp³-hybridized carbons (Fsp3) is 0.471. The molecule has 0 amide bonds. The number of benzene rings is 1. The fourth-order valence-electron chi connectivity index (χ4n) is 3.10. The molecule has 1 aromatic heterocycles. The van der Waals surface area contributed by atoms with Crippen molar-refractivity contribution in [2.45, 2.75) is 45.2 Å². The van der Waals surface area contributed by atoms with Gasteiger partial charge >= 0.3 is 0 Å². The average molecular weight is 269 g/mol. The minimum absolute atomic E-state index is 0.890. The van der Waals surface area contributed by atoms with Crippen molar-refractivity contribution in [2.75, 3.05) is 7.05 Å². The molecule has 0 atom stereocenters. The normalized spacial score (nSPS) is 14.2. The summed E-state index contributed by atoms with van der Waals surface area (Å²) in [5.74, 6) is 1.27. The molecule has 0 unspecified atom stereocenters. The Morgan fingerprint density at radius 3 is 2.80 bits per heavy atom. The van der Waals surface area contributed by atoms with E-state index >= 15 is 0 Å². The van der Waals surface area contributed by atoms with E-state index in [4.69, 9.17) is 4.98 Å². The van der Waals surface area contributed by atoms with Gasteiger partial charge in [-0.05, 0) is 38.3 Å². The third-order valence-corrected chi connectivity index (χ3v) is 4.10. The molecular formula is C17H23N3. The van der Waals surface area contributed by atoms with Crippen molar-refractivity contribution in [3.63, 3.8) is 0 Å². The zero-order chi connectivity index (χ0) is 13.8. The first-order chi connectivity index (χ1) is 9.88. The van der Waals surface area contributed by atoms with Gasteiger partial charge in [-0.2, -0.15) is 0 Å². The van der Waals surface area contributed by atoms with Crippen LogP contribution in [0.25, 0.3) is 0 Å². The number of hydrogen-bond acceptors (Lipinski definition) is 2. The van der Waals surface area contributed by atoms with Crippen LogP contribution in [-0.4, -0.2) is 16.6 Å². The molecule has 0 spiro atoms. The standard InChI is InChI=1S/C17H23N3/c1-18-13-15-16-9-5-6-12-20(16)17(19-15)11-10-14-7-3-2-4-8-14/h2-4,7-8,18H,5-6,9-13H2,1H3. The van der Waals surface area contributed by atoms with Crippen LogP contribution in [0.1, 0.15) is 35.6 Å². The van der Waals surface area contributed by atoms with Crippen molar-refractivity contribution in [2.24, 2.45) is 0 Å². The van der Waals surface area contributed by atoms with Crippen LogP contribution in [0.3, 0.4) is 0 Å². The van der Waals surface area contributed by atoms with E-state index in [1.54, 1.807) is 0 Å². The average Bonchev–Trinajstić information content (AvgIpc) is 2.85. The van der Waals surface area contributed by atoms with Crippen LogP contribution in [0.5, 0.6) is 0 Å². The Balaban J connectivity index is 1.78. The minimum atomic E-state index is 0.890. The van der Waals surface area contributed by atoms with Crippen molar-refractivity contribution in [1.82, 2.24) is 14.9 Å². The van der Waals surface area contributed by atoms with Gasteiger partial charge in [0.15, 0.2) is 0 Å². The molecule has 2 aromatic rings. The van der Waals surface area contributed by atoms with Crippen molar-refractivity contribution >= 4 is 0 Å². The Morgan fingerprint density at radius 1 is 1.15 bits per heavy atom. The van der Waals surface area contributed by atoms with Crippen molar-refractivity contribution < 1.29 is 0 Å². The van der Waals surface area contributed by atoms with Crippen LogP contribution in [0.4, 0.5) is 0 Å². The quantitative estimate of drug-likeness (QED) is 0.904. The first-order valence-corrected chi connectivity index (χ1v) is 7.64. The third-order valence-electron chi connectivity index (χ3n) is 4.10. The molecule has 1 aliphatic rings. The van der Waals surface area contributed by atoms with Crippen molar-refractivity contribution in [1.29, 1.82) is 0 Å². The van der Waals surface area contributed by atoms with Gasteiger partial charge in [0.1, 0.15) is 5.82 Å². The summed E-state index contributed by atoms with van der Waals surface area (Å²) in [5, 5.41) is 3.25. The topological polar surface area (TPSA) is 29.9 Å². The summed E-state index contributed by atoms with van der Waals surface area (Å²) in [6.45, 7) is 2.04. The van der Waals surface area contributed by atoms with E-state index in [1.165, 1.54) is 42.0 Å². The Bertz CT molecular complexity index is 557. The third kappa shape index (κ3) is 2.78. The number of rotatable bonds is 5. The summed E-state index contributed by atoms with van der Waals surface area (Å²) in [7, 11) is 2.00. The number of imidazole rings is 1. The number of fused-ring (bicyclic) bond motifs is 1. The van der Waals surface area contributed by atoms with Crippen LogP contribution >= 0.6 is 0 Å². The van der Waals surface area contributed by atoms with E-state index < -0.39 is 0 Å². The van der Waals surface area contributed by atoms with E-state index in [9.17, 15) is 0 Å². The molecule has 3 nitrogen and oxygen atoms in total. The van der Waals surface area contributed by atoms with E-state index in [1.807, 2.05) is 7.05 Å². The van der Waals surface area contributed by atoms with E-state index in [0.717, 1.165) is 25.9 Å². The molecular weight excluding hydrogens is 246 g/mol. The molecule has 3 heteroatoms. The zero-order valence-corrected chi connectivity index (χ0v) is 12.2. The van der Waals surface area contributed by atoms with Crippen molar-refractivity contribution in [3.05, 3.63) is 53.1 Å². The van der Waals surface area contributed by atoms with E-state index in [2.05, 4.69) is 40.2 Å². The van der Waals surface area contributed by atoms with E-state index in [0.29, 0.717) is 0 Å². The second-order valence-corrected chi connectivity index (χ2v) is 5.55. The summed E-state index contributed by atoms with van der Waals surface area (Å²) in [5.41, 5.74) is 4.12. The molecule has 0 radical (unpaired) electrons. The highest BCUT2D eigenvalue weighted by atomic mass is 15.1. The summed E-state index contributed by atoms with van der Waals surface area (Å²) >= 11 is 0. The van der Waals surface area contributed by atoms with Gasteiger partial charge in [-0.1, -0.05) is 30.3 Å². The van der Waals surface area contributed by atoms with Crippen LogP contribution in [0.2, 0.25) is 0 Å². The Kier molecular flexibility index (Phi) is 4.16. The monoisotopic (exact) mass is 269 g/mol. The number of hydrogen-bond donors (Lipinski definition) is 1. The number of aryl methyl sites for hydroxylation is 2. The summed E-state index contributed by atoms with van der Waals surface area (Å²) in [6.07, 6.45) is 5.91. The first-order valence-electron chi connectivity index (χ1n) is 7.64. The molecule has 0 saturated carbocycles. The molecule has 20 heavy (non-hydrogen) atoms. The zero-order valence-electron chi connectivity index (χ0n) is 12.2. The number of nitrogens with one attached hydrogen (secondary N) is 1. The van der Waals surface area contributed by atoms with Gasteiger partial charge < -0.3 is 9.88 Å². The molecule has 1 N–H and O–H groups in total. The van der Waals surface area contributed by atoms with Gasteiger partial charge in [0.25, 0.3) is 0 Å². The number of aromatic nitrogens is 2. The fourth-order valence-corrected chi connectivity index (χ4v) is 3.10. The maximum atomic E-state index is 4.90. The molecule has 1 aliphatic heterocycles. The lowest BCUT2D eigenvalue weighted by Gasteiger charge is -2.17. The second-order valence-electron chi connectivity index (χ2n) is 5.55. The molecule has 1 aromatic carbocycles.